The molecule has 0 saturated carbocycles. The number of aromatic nitrogens is 2. The number of hydrogen-bond donors (Lipinski definition) is 2. The Morgan fingerprint density at radius 2 is 1.84 bits per heavy atom. The third-order valence-electron chi connectivity index (χ3n) is 5.37. The van der Waals surface area contributed by atoms with E-state index in [4.69, 9.17) is 4.74 Å². The molecule has 0 spiro atoms. The normalized spacial score (nSPS) is 14.8. The van der Waals surface area contributed by atoms with Crippen molar-refractivity contribution in [2.24, 2.45) is 0 Å². The molecule has 0 aliphatic carbocycles. The van der Waals surface area contributed by atoms with Crippen LogP contribution < -0.4 is 15.4 Å². The van der Waals surface area contributed by atoms with Gasteiger partial charge in [0.2, 0.25) is 10.9 Å². The number of nitrogens with zero attached hydrogens (tertiary/aromatic N) is 4. The number of aryl methyl sites for hydroxylation is 1. The van der Waals surface area contributed by atoms with Crippen molar-refractivity contribution in [2.45, 2.75) is 25.7 Å². The number of rotatable bonds is 11. The molecule has 1 aromatic heterocycles. The van der Waals surface area contributed by atoms with Crippen LogP contribution in [0.25, 0.3) is 0 Å². The summed E-state index contributed by atoms with van der Waals surface area (Å²) < 4.78 is 5.11. The molecule has 0 atom stereocenters. The van der Waals surface area contributed by atoms with Crippen LogP contribution in [0.1, 0.15) is 34.1 Å². The summed E-state index contributed by atoms with van der Waals surface area (Å²) in [5.41, 5.74) is 0.664. The molecule has 1 saturated heterocycles. The molecule has 3 rings (SSSR count). The van der Waals surface area contributed by atoms with Gasteiger partial charge in [0.05, 0.1) is 7.11 Å². The van der Waals surface area contributed by atoms with Crippen molar-refractivity contribution in [3.8, 4) is 5.75 Å². The standard InChI is InChI=1S/C22H32N6O3S/c1-27-13-15-28(16-14-27)12-4-11-23-19(29)5-3-6-20-25-26-22(32-20)21(30)24-17-7-9-18(31-2)10-8-17/h7-10H,3-6,11-16H2,1-2H3,(H,23,29)(H,24,30). The van der Waals surface area contributed by atoms with E-state index >= 15 is 0 Å². The average Bonchev–Trinajstić information content (AvgIpc) is 3.27. The summed E-state index contributed by atoms with van der Waals surface area (Å²) in [6.07, 6.45) is 2.72. The van der Waals surface area contributed by atoms with Crippen LogP contribution in [-0.2, 0) is 11.2 Å². The molecule has 1 fully saturated rings. The van der Waals surface area contributed by atoms with E-state index in [1.807, 2.05) is 0 Å². The van der Waals surface area contributed by atoms with E-state index in [2.05, 4.69) is 37.7 Å². The summed E-state index contributed by atoms with van der Waals surface area (Å²) in [6, 6.07) is 7.09. The fourth-order valence-electron chi connectivity index (χ4n) is 3.40. The van der Waals surface area contributed by atoms with E-state index in [0.29, 0.717) is 36.5 Å². The van der Waals surface area contributed by atoms with E-state index in [1.54, 1.807) is 31.4 Å². The van der Waals surface area contributed by atoms with Gasteiger partial charge in [-0.1, -0.05) is 11.3 Å². The first-order valence-electron chi connectivity index (χ1n) is 11.0. The Hall–Kier alpha value is -2.56. The Labute approximate surface area is 193 Å². The molecule has 0 bridgehead atoms. The van der Waals surface area contributed by atoms with Crippen LogP contribution in [0, 0.1) is 0 Å². The fourth-order valence-corrected chi connectivity index (χ4v) is 4.17. The third kappa shape index (κ3) is 7.85. The molecule has 0 unspecified atom stereocenters. The van der Waals surface area contributed by atoms with Crippen molar-refractivity contribution >= 4 is 28.8 Å². The minimum absolute atomic E-state index is 0.0605. The van der Waals surface area contributed by atoms with Gasteiger partial charge < -0.3 is 25.2 Å². The summed E-state index contributed by atoms with van der Waals surface area (Å²) in [4.78, 5) is 29.2. The van der Waals surface area contributed by atoms with Gasteiger partial charge in [-0.25, -0.2) is 0 Å². The van der Waals surface area contributed by atoms with Crippen molar-refractivity contribution in [3.63, 3.8) is 0 Å². The van der Waals surface area contributed by atoms with Crippen LogP contribution in [0.3, 0.4) is 0 Å². The predicted molar refractivity (Wildman–Crippen MR) is 125 cm³/mol. The van der Waals surface area contributed by atoms with Gasteiger partial charge in [0.15, 0.2) is 0 Å². The van der Waals surface area contributed by atoms with Crippen molar-refractivity contribution in [1.29, 1.82) is 0 Å². The molecule has 2 aromatic rings. The Morgan fingerprint density at radius 3 is 2.56 bits per heavy atom. The average molecular weight is 461 g/mol. The van der Waals surface area contributed by atoms with E-state index in [9.17, 15) is 9.59 Å². The zero-order chi connectivity index (χ0) is 22.8. The van der Waals surface area contributed by atoms with E-state index in [0.717, 1.165) is 49.9 Å². The summed E-state index contributed by atoms with van der Waals surface area (Å²) in [5, 5.41) is 14.9. The number of benzene rings is 1. The molecule has 32 heavy (non-hydrogen) atoms. The number of amides is 2. The van der Waals surface area contributed by atoms with Crippen LogP contribution >= 0.6 is 11.3 Å². The highest BCUT2D eigenvalue weighted by molar-refractivity contribution is 7.13. The molecular formula is C22H32N6O3S. The van der Waals surface area contributed by atoms with Gasteiger partial charge in [0.25, 0.3) is 5.91 Å². The van der Waals surface area contributed by atoms with Crippen molar-refractivity contribution in [3.05, 3.63) is 34.3 Å². The number of ether oxygens (including phenoxy) is 1. The van der Waals surface area contributed by atoms with E-state index in [-0.39, 0.29) is 11.8 Å². The van der Waals surface area contributed by atoms with Crippen molar-refractivity contribution < 1.29 is 14.3 Å². The van der Waals surface area contributed by atoms with Crippen molar-refractivity contribution in [1.82, 2.24) is 25.3 Å². The number of methoxy groups -OCH3 is 1. The number of carbonyl (C=O) groups is 2. The highest BCUT2D eigenvalue weighted by atomic mass is 32.1. The lowest BCUT2D eigenvalue weighted by Crippen LogP contribution is -2.45. The summed E-state index contributed by atoms with van der Waals surface area (Å²) in [7, 11) is 3.74. The monoisotopic (exact) mass is 460 g/mol. The molecule has 1 aliphatic rings. The summed E-state index contributed by atoms with van der Waals surface area (Å²) >= 11 is 1.26. The van der Waals surface area contributed by atoms with Crippen LogP contribution in [0.4, 0.5) is 5.69 Å². The van der Waals surface area contributed by atoms with Crippen LogP contribution in [-0.4, -0.2) is 85.2 Å². The number of hydrogen-bond acceptors (Lipinski definition) is 8. The molecule has 9 nitrogen and oxygen atoms in total. The second-order valence-electron chi connectivity index (χ2n) is 7.89. The summed E-state index contributed by atoms with van der Waals surface area (Å²) in [5.74, 6) is 0.489. The van der Waals surface area contributed by atoms with Crippen LogP contribution in [0.5, 0.6) is 5.75 Å². The molecule has 10 heteroatoms. The topological polar surface area (TPSA) is 99.7 Å². The molecule has 2 N–H and O–H groups in total. The van der Waals surface area contributed by atoms with Crippen LogP contribution in [0.2, 0.25) is 0 Å². The maximum atomic E-state index is 12.3. The SMILES string of the molecule is COc1ccc(NC(=O)c2nnc(CCCC(=O)NCCCN3CCN(C)CC3)s2)cc1. The lowest BCUT2D eigenvalue weighted by Gasteiger charge is -2.32. The molecule has 2 amide bonds. The fraction of sp³-hybridized carbons (Fsp3) is 0.545. The number of likely N-dealkylation sites (N-methyl/N-ethyl adjacent to an activating group) is 1. The number of nitrogens with one attached hydrogen (secondary N) is 2. The maximum Gasteiger partial charge on any atom is 0.286 e. The zero-order valence-electron chi connectivity index (χ0n) is 18.8. The molecule has 0 radical (unpaired) electrons. The number of carbonyl (C=O) groups excluding carboxylic acids is 2. The largest absolute Gasteiger partial charge is 0.497 e. The van der Waals surface area contributed by atoms with E-state index in [1.165, 1.54) is 11.3 Å². The summed E-state index contributed by atoms with van der Waals surface area (Å²) in [6.45, 7) is 6.17. The first-order valence-corrected chi connectivity index (χ1v) is 11.8. The number of piperazine rings is 1. The second kappa shape index (κ2) is 12.5. The highest BCUT2D eigenvalue weighted by Gasteiger charge is 2.14. The Kier molecular flexibility index (Phi) is 9.39. The van der Waals surface area contributed by atoms with Gasteiger partial charge in [-0.05, 0) is 50.7 Å². The lowest BCUT2D eigenvalue weighted by atomic mass is 10.2. The smallest absolute Gasteiger partial charge is 0.286 e. The minimum atomic E-state index is -0.294. The van der Waals surface area contributed by atoms with Gasteiger partial charge >= 0.3 is 0 Å². The lowest BCUT2D eigenvalue weighted by molar-refractivity contribution is -0.121. The Bertz CT molecular complexity index is 865. The Morgan fingerprint density at radius 1 is 1.09 bits per heavy atom. The third-order valence-corrected chi connectivity index (χ3v) is 6.35. The van der Waals surface area contributed by atoms with Crippen LogP contribution in [0.15, 0.2) is 24.3 Å². The molecule has 2 heterocycles. The minimum Gasteiger partial charge on any atom is -0.497 e. The van der Waals surface area contributed by atoms with Gasteiger partial charge in [0, 0.05) is 51.3 Å². The molecular weight excluding hydrogens is 428 g/mol. The first kappa shape index (κ1) is 24.1. The molecule has 1 aromatic carbocycles. The van der Waals surface area contributed by atoms with Gasteiger partial charge in [-0.2, -0.15) is 0 Å². The second-order valence-corrected chi connectivity index (χ2v) is 8.95. The van der Waals surface area contributed by atoms with Gasteiger partial charge in [-0.15, -0.1) is 10.2 Å². The van der Waals surface area contributed by atoms with E-state index < -0.39 is 0 Å². The van der Waals surface area contributed by atoms with Gasteiger partial charge in [-0.3, -0.25) is 9.59 Å². The highest BCUT2D eigenvalue weighted by Crippen LogP contribution is 2.18. The van der Waals surface area contributed by atoms with Crippen molar-refractivity contribution in [2.75, 3.05) is 58.7 Å². The number of anilines is 1. The first-order chi connectivity index (χ1) is 15.5. The predicted octanol–water partition coefficient (Wildman–Crippen LogP) is 1.88. The maximum absolute atomic E-state index is 12.3. The molecule has 174 valence electrons. The Balaban J connectivity index is 1.29. The quantitative estimate of drug-likeness (QED) is 0.494. The van der Waals surface area contributed by atoms with Gasteiger partial charge in [0.1, 0.15) is 10.8 Å². The zero-order valence-corrected chi connectivity index (χ0v) is 19.6. The molecule has 1 aliphatic heterocycles.